The molecule has 0 aromatic heterocycles. The molecule has 2 nitrogen and oxygen atoms in total. The van der Waals surface area contributed by atoms with Gasteiger partial charge in [-0.15, -0.1) is 0 Å². The third-order valence-corrected chi connectivity index (χ3v) is 6.64. The summed E-state index contributed by atoms with van der Waals surface area (Å²) >= 11 is 0. The predicted octanol–water partition coefficient (Wildman–Crippen LogP) is 4.18. The Bertz CT molecular complexity index is 385. The summed E-state index contributed by atoms with van der Waals surface area (Å²) in [6, 6.07) is 0. The first-order chi connectivity index (χ1) is 8.69. The van der Waals surface area contributed by atoms with Gasteiger partial charge in [0.05, 0.1) is 0 Å². The van der Waals surface area contributed by atoms with E-state index in [9.17, 15) is 4.79 Å². The van der Waals surface area contributed by atoms with E-state index in [1.807, 2.05) is 0 Å². The monoisotopic (exact) mass is 264 g/mol. The van der Waals surface area contributed by atoms with Gasteiger partial charge in [0, 0.05) is 17.8 Å². The maximum atomic E-state index is 11.5. The Morgan fingerprint density at radius 1 is 1.00 bits per heavy atom. The number of fused-ring (bicyclic) bond motifs is 5. The van der Waals surface area contributed by atoms with E-state index >= 15 is 0 Å². The molecular weight excluding hydrogens is 236 g/mol. The van der Waals surface area contributed by atoms with Gasteiger partial charge >= 0.3 is 5.97 Å². The molecule has 4 atom stereocenters. The van der Waals surface area contributed by atoms with Gasteiger partial charge in [-0.25, -0.2) is 0 Å². The zero-order valence-electron chi connectivity index (χ0n) is 13.1. The van der Waals surface area contributed by atoms with Gasteiger partial charge in [-0.2, -0.15) is 0 Å². The first kappa shape index (κ1) is 13.5. The van der Waals surface area contributed by atoms with E-state index < -0.39 is 0 Å². The third kappa shape index (κ3) is 1.71. The molecule has 0 amide bonds. The topological polar surface area (TPSA) is 26.3 Å². The summed E-state index contributed by atoms with van der Waals surface area (Å²) in [6.07, 6.45) is 6.54. The van der Waals surface area contributed by atoms with Gasteiger partial charge in [-0.3, -0.25) is 4.79 Å². The average molecular weight is 264 g/mol. The van der Waals surface area contributed by atoms with Crippen LogP contribution in [0.15, 0.2) is 0 Å². The fraction of sp³-hybridized carbons (Fsp3) is 0.941. The fourth-order valence-corrected chi connectivity index (χ4v) is 6.00. The first-order valence-corrected chi connectivity index (χ1v) is 7.86. The molecule has 3 fully saturated rings. The normalized spacial score (nSPS) is 50.9. The summed E-state index contributed by atoms with van der Waals surface area (Å²) in [6.45, 7) is 11.2. The zero-order chi connectivity index (χ0) is 14.1. The summed E-state index contributed by atoms with van der Waals surface area (Å²) in [4.78, 5) is 11.5. The van der Waals surface area contributed by atoms with Gasteiger partial charge in [0.15, 0.2) is 0 Å². The Morgan fingerprint density at radius 3 is 1.89 bits per heavy atom. The Kier molecular flexibility index (Phi) is 2.67. The summed E-state index contributed by atoms with van der Waals surface area (Å²) in [5, 5.41) is 0. The van der Waals surface area contributed by atoms with Crippen LogP contribution in [-0.4, -0.2) is 12.1 Å². The van der Waals surface area contributed by atoms with Crippen molar-refractivity contribution >= 4 is 5.97 Å². The van der Waals surface area contributed by atoms with E-state index in [4.69, 9.17) is 4.74 Å². The molecule has 0 saturated heterocycles. The van der Waals surface area contributed by atoms with Crippen molar-refractivity contribution in [3.05, 3.63) is 0 Å². The molecule has 3 aliphatic carbocycles. The first-order valence-electron chi connectivity index (χ1n) is 7.86. The molecule has 108 valence electrons. The van der Waals surface area contributed by atoms with Crippen LogP contribution in [0, 0.1) is 28.1 Å². The summed E-state index contributed by atoms with van der Waals surface area (Å²) < 4.78 is 5.85. The second-order valence-corrected chi connectivity index (χ2v) is 8.64. The van der Waals surface area contributed by atoms with Crippen LogP contribution >= 0.6 is 0 Å². The van der Waals surface area contributed by atoms with Gasteiger partial charge in [-0.05, 0) is 42.9 Å². The summed E-state index contributed by atoms with van der Waals surface area (Å²) in [5.41, 5.74) is 0.907. The van der Waals surface area contributed by atoms with Gasteiger partial charge in [0.2, 0.25) is 0 Å². The van der Waals surface area contributed by atoms with Crippen molar-refractivity contribution in [3.63, 3.8) is 0 Å². The van der Waals surface area contributed by atoms with Crippen molar-refractivity contribution in [3.8, 4) is 0 Å². The van der Waals surface area contributed by atoms with Crippen molar-refractivity contribution < 1.29 is 9.53 Å². The molecule has 3 aliphatic rings. The van der Waals surface area contributed by atoms with Crippen LogP contribution in [0.1, 0.15) is 66.7 Å². The van der Waals surface area contributed by atoms with E-state index in [-0.39, 0.29) is 22.9 Å². The van der Waals surface area contributed by atoms with Crippen LogP contribution in [0.5, 0.6) is 0 Å². The highest BCUT2D eigenvalue weighted by atomic mass is 16.5. The molecule has 2 bridgehead atoms. The van der Waals surface area contributed by atoms with Crippen LogP contribution in [0.25, 0.3) is 0 Å². The minimum atomic E-state index is -0.0939. The lowest BCUT2D eigenvalue weighted by Crippen LogP contribution is -2.46. The lowest BCUT2D eigenvalue weighted by molar-refractivity contribution is -0.166. The van der Waals surface area contributed by atoms with E-state index in [0.717, 1.165) is 11.8 Å². The minimum Gasteiger partial charge on any atom is -0.461 e. The predicted molar refractivity (Wildman–Crippen MR) is 75.6 cm³/mol. The molecule has 0 aliphatic heterocycles. The van der Waals surface area contributed by atoms with Crippen LogP contribution < -0.4 is 0 Å². The van der Waals surface area contributed by atoms with E-state index in [1.165, 1.54) is 32.1 Å². The van der Waals surface area contributed by atoms with Crippen molar-refractivity contribution in [1.29, 1.82) is 0 Å². The van der Waals surface area contributed by atoms with E-state index in [2.05, 4.69) is 27.7 Å². The highest BCUT2D eigenvalue weighted by Gasteiger charge is 2.69. The molecule has 0 heterocycles. The lowest BCUT2D eigenvalue weighted by atomic mass is 9.63. The van der Waals surface area contributed by atoms with Crippen molar-refractivity contribution in [2.24, 2.45) is 28.1 Å². The Morgan fingerprint density at radius 2 is 1.47 bits per heavy atom. The molecule has 3 saturated carbocycles. The van der Waals surface area contributed by atoms with Crippen LogP contribution in [0.2, 0.25) is 0 Å². The van der Waals surface area contributed by atoms with Crippen molar-refractivity contribution in [1.82, 2.24) is 0 Å². The maximum absolute atomic E-state index is 11.5. The highest BCUT2D eigenvalue weighted by molar-refractivity contribution is 5.66. The maximum Gasteiger partial charge on any atom is 0.302 e. The Hall–Kier alpha value is -0.530. The largest absolute Gasteiger partial charge is 0.461 e. The third-order valence-electron chi connectivity index (χ3n) is 6.64. The Balaban J connectivity index is 2.01. The number of esters is 1. The van der Waals surface area contributed by atoms with Gasteiger partial charge < -0.3 is 4.74 Å². The average Bonchev–Trinajstić information content (AvgIpc) is 2.64. The van der Waals surface area contributed by atoms with Gasteiger partial charge in [-0.1, -0.05) is 34.1 Å². The SMILES string of the molecule is CC(=O)OC1C2(C)CCCC1(C)C1CC(C)(C)CC12. The smallest absolute Gasteiger partial charge is 0.302 e. The highest BCUT2D eigenvalue weighted by Crippen LogP contribution is 2.72. The molecular formula is C17H28O2. The van der Waals surface area contributed by atoms with Crippen LogP contribution in [0.3, 0.4) is 0 Å². The number of hydrogen-bond donors (Lipinski definition) is 0. The molecule has 4 unspecified atom stereocenters. The number of carbonyl (C=O) groups excluding carboxylic acids is 1. The number of carbonyl (C=O) groups is 1. The molecule has 19 heavy (non-hydrogen) atoms. The van der Waals surface area contributed by atoms with Crippen LogP contribution in [0.4, 0.5) is 0 Å². The molecule has 0 N–H and O–H groups in total. The fourth-order valence-electron chi connectivity index (χ4n) is 6.00. The number of hydrogen-bond acceptors (Lipinski definition) is 2. The van der Waals surface area contributed by atoms with Gasteiger partial charge in [0.1, 0.15) is 6.10 Å². The molecule has 3 rings (SSSR count). The van der Waals surface area contributed by atoms with Crippen molar-refractivity contribution in [2.45, 2.75) is 72.8 Å². The minimum absolute atomic E-state index is 0.0939. The molecule has 0 spiro atoms. The number of ether oxygens (including phenoxy) is 1. The molecule has 0 radical (unpaired) electrons. The summed E-state index contributed by atoms with van der Waals surface area (Å²) in [7, 11) is 0. The van der Waals surface area contributed by atoms with Gasteiger partial charge in [0.25, 0.3) is 0 Å². The number of rotatable bonds is 1. The zero-order valence-corrected chi connectivity index (χ0v) is 13.1. The van der Waals surface area contributed by atoms with Crippen molar-refractivity contribution in [2.75, 3.05) is 0 Å². The van der Waals surface area contributed by atoms with Crippen LogP contribution in [-0.2, 0) is 9.53 Å². The van der Waals surface area contributed by atoms with E-state index in [0.29, 0.717) is 5.41 Å². The van der Waals surface area contributed by atoms with E-state index in [1.54, 1.807) is 6.92 Å². The molecule has 0 aromatic carbocycles. The second-order valence-electron chi connectivity index (χ2n) is 8.64. The lowest BCUT2D eigenvalue weighted by Gasteiger charge is -2.46. The standard InChI is InChI=1S/C17H28O2/c1-11(18)19-14-16(4)7-6-8-17(14,5)13-10-15(2,3)9-12(13)16/h12-14H,6-10H2,1-5H3. The Labute approximate surface area is 117 Å². The quantitative estimate of drug-likeness (QED) is 0.664. The molecule has 0 aromatic rings. The molecule has 2 heteroatoms. The second kappa shape index (κ2) is 3.77. The summed E-state index contributed by atoms with van der Waals surface area (Å²) in [5.74, 6) is 1.40.